The van der Waals surface area contributed by atoms with Crippen LogP contribution in [0, 0.1) is 0 Å². The molecule has 1 unspecified atom stereocenters. The van der Waals surface area contributed by atoms with E-state index in [1.807, 2.05) is 0 Å². The maximum atomic E-state index is 11.9. The van der Waals surface area contributed by atoms with Crippen molar-refractivity contribution < 1.29 is 17.9 Å². The summed E-state index contributed by atoms with van der Waals surface area (Å²) in [6.45, 7) is 3.31. The number of anilines is 1. The number of hydrogen-bond donors (Lipinski definition) is 2. The van der Waals surface area contributed by atoms with Crippen molar-refractivity contribution in [1.29, 1.82) is 0 Å². The van der Waals surface area contributed by atoms with Crippen molar-refractivity contribution in [2.75, 3.05) is 12.3 Å². The topological polar surface area (TPSA) is 98.5 Å². The molecule has 1 rings (SSSR count). The molecule has 0 fully saturated rings. The highest BCUT2D eigenvalue weighted by molar-refractivity contribution is 7.88. The average molecular weight is 286 g/mol. The first-order valence-electron chi connectivity index (χ1n) is 5.85. The molecule has 3 N–H and O–H groups in total. The van der Waals surface area contributed by atoms with Crippen LogP contribution in [-0.4, -0.2) is 27.0 Å². The fourth-order valence-electron chi connectivity index (χ4n) is 1.46. The van der Waals surface area contributed by atoms with E-state index in [9.17, 15) is 13.2 Å². The number of benzene rings is 1. The smallest absolute Gasteiger partial charge is 0.323 e. The molecule has 1 aromatic carbocycles. The van der Waals surface area contributed by atoms with Crippen LogP contribution in [0.4, 0.5) is 5.69 Å². The zero-order valence-corrected chi connectivity index (χ0v) is 11.7. The first-order chi connectivity index (χ1) is 8.84. The molecule has 0 radical (unpaired) electrons. The minimum Gasteiger partial charge on any atom is -0.465 e. The Morgan fingerprint density at radius 1 is 1.37 bits per heavy atom. The number of hydrogen-bond acceptors (Lipinski definition) is 5. The second kappa shape index (κ2) is 6.53. The Bertz CT molecular complexity index is 525. The number of ether oxygens (including phenoxy) is 1. The van der Waals surface area contributed by atoms with Gasteiger partial charge in [0, 0.05) is 5.69 Å². The minimum atomic E-state index is -3.60. The molecule has 0 aromatic heterocycles. The van der Waals surface area contributed by atoms with Gasteiger partial charge in [0.05, 0.1) is 12.4 Å². The summed E-state index contributed by atoms with van der Waals surface area (Å²) in [7, 11) is -3.60. The van der Waals surface area contributed by atoms with Gasteiger partial charge in [0.25, 0.3) is 0 Å². The molecule has 19 heavy (non-hydrogen) atoms. The van der Waals surface area contributed by atoms with Gasteiger partial charge in [-0.2, -0.15) is 0 Å². The fourth-order valence-corrected chi connectivity index (χ4v) is 2.81. The number of sulfonamides is 1. The van der Waals surface area contributed by atoms with Crippen molar-refractivity contribution in [3.63, 3.8) is 0 Å². The molecule has 0 saturated heterocycles. The molecular formula is C12H18N2O4S. The van der Waals surface area contributed by atoms with Gasteiger partial charge in [0.2, 0.25) is 10.0 Å². The van der Waals surface area contributed by atoms with Crippen LogP contribution in [0.5, 0.6) is 0 Å². The summed E-state index contributed by atoms with van der Waals surface area (Å²) in [5.41, 5.74) is 6.68. The molecular weight excluding hydrogens is 268 g/mol. The first kappa shape index (κ1) is 15.5. The van der Waals surface area contributed by atoms with E-state index in [2.05, 4.69) is 4.72 Å². The van der Waals surface area contributed by atoms with E-state index in [4.69, 9.17) is 10.5 Å². The number of nitrogens with two attached hydrogens (primary N) is 1. The molecule has 0 aliphatic rings. The lowest BCUT2D eigenvalue weighted by molar-refractivity contribution is -0.144. The van der Waals surface area contributed by atoms with E-state index in [-0.39, 0.29) is 12.4 Å². The average Bonchev–Trinajstić information content (AvgIpc) is 2.31. The molecule has 0 heterocycles. The Hall–Kier alpha value is -1.60. The number of carbonyl (C=O) groups excluding carboxylic acids is 1. The zero-order chi connectivity index (χ0) is 14.5. The molecule has 7 heteroatoms. The summed E-state index contributed by atoms with van der Waals surface area (Å²) in [6, 6.07) is 5.60. The van der Waals surface area contributed by atoms with E-state index in [1.165, 1.54) is 6.92 Å². The highest BCUT2D eigenvalue weighted by Crippen LogP contribution is 2.09. The fraction of sp³-hybridized carbons (Fsp3) is 0.417. The number of nitrogen functional groups attached to an aromatic ring is 1. The van der Waals surface area contributed by atoms with Gasteiger partial charge in [0.1, 0.15) is 6.04 Å². The van der Waals surface area contributed by atoms with Gasteiger partial charge >= 0.3 is 5.97 Å². The monoisotopic (exact) mass is 286 g/mol. The van der Waals surface area contributed by atoms with Crippen molar-refractivity contribution in [3.05, 3.63) is 29.8 Å². The first-order valence-corrected chi connectivity index (χ1v) is 7.50. The maximum absolute atomic E-state index is 11.9. The lowest BCUT2D eigenvalue weighted by Gasteiger charge is -2.13. The Kier molecular flexibility index (Phi) is 5.31. The van der Waals surface area contributed by atoms with E-state index in [0.29, 0.717) is 11.3 Å². The molecule has 6 nitrogen and oxygen atoms in total. The summed E-state index contributed by atoms with van der Waals surface area (Å²) < 4.78 is 30.7. The van der Waals surface area contributed by atoms with Crippen LogP contribution in [0.3, 0.4) is 0 Å². The molecule has 0 amide bonds. The molecule has 0 spiro atoms. The van der Waals surface area contributed by atoms with Crippen molar-refractivity contribution in [2.45, 2.75) is 25.6 Å². The van der Waals surface area contributed by atoms with Gasteiger partial charge in [-0.15, -0.1) is 0 Å². The number of nitrogens with one attached hydrogen (secondary N) is 1. The Morgan fingerprint density at radius 3 is 2.47 bits per heavy atom. The van der Waals surface area contributed by atoms with Crippen molar-refractivity contribution in [2.24, 2.45) is 0 Å². The van der Waals surface area contributed by atoms with Crippen LogP contribution >= 0.6 is 0 Å². The normalized spacial score (nSPS) is 12.9. The van der Waals surface area contributed by atoms with Gasteiger partial charge in [0.15, 0.2) is 0 Å². The quantitative estimate of drug-likeness (QED) is 0.590. The van der Waals surface area contributed by atoms with Gasteiger partial charge in [-0.3, -0.25) is 4.79 Å². The molecule has 106 valence electrons. The molecule has 0 aliphatic heterocycles. The lowest BCUT2D eigenvalue weighted by atomic mass is 10.2. The number of rotatable bonds is 6. The predicted octanol–water partition coefficient (Wildman–Crippen LogP) is 0.640. The summed E-state index contributed by atoms with van der Waals surface area (Å²) in [5, 5.41) is 0. The highest BCUT2D eigenvalue weighted by atomic mass is 32.2. The third kappa shape index (κ3) is 5.27. The van der Waals surface area contributed by atoms with E-state index in [1.54, 1.807) is 31.2 Å². The van der Waals surface area contributed by atoms with Gasteiger partial charge in [-0.1, -0.05) is 12.1 Å². The van der Waals surface area contributed by atoms with Crippen LogP contribution in [-0.2, 0) is 25.3 Å². The van der Waals surface area contributed by atoms with Gasteiger partial charge < -0.3 is 10.5 Å². The SMILES string of the molecule is CCOC(=O)C(C)NS(=O)(=O)Cc1ccc(N)cc1. The largest absolute Gasteiger partial charge is 0.465 e. The zero-order valence-electron chi connectivity index (χ0n) is 10.9. The second-order valence-electron chi connectivity index (χ2n) is 4.09. The van der Waals surface area contributed by atoms with Gasteiger partial charge in [-0.25, -0.2) is 13.1 Å². The van der Waals surface area contributed by atoms with Gasteiger partial charge in [-0.05, 0) is 31.5 Å². The predicted molar refractivity (Wildman–Crippen MR) is 72.7 cm³/mol. The molecule has 1 aromatic rings. The number of esters is 1. The Labute approximate surface area is 113 Å². The van der Waals surface area contributed by atoms with Crippen LogP contribution < -0.4 is 10.5 Å². The van der Waals surface area contributed by atoms with Crippen LogP contribution in [0.15, 0.2) is 24.3 Å². The van der Waals surface area contributed by atoms with E-state index < -0.39 is 22.0 Å². The number of carbonyl (C=O) groups is 1. The molecule has 0 bridgehead atoms. The van der Waals surface area contributed by atoms with Crippen LogP contribution in [0.25, 0.3) is 0 Å². The summed E-state index contributed by atoms with van der Waals surface area (Å²) in [5.74, 6) is -0.805. The van der Waals surface area contributed by atoms with Crippen LogP contribution in [0.1, 0.15) is 19.4 Å². The second-order valence-corrected chi connectivity index (χ2v) is 5.85. The maximum Gasteiger partial charge on any atom is 0.323 e. The van der Waals surface area contributed by atoms with Crippen molar-refractivity contribution in [3.8, 4) is 0 Å². The molecule has 0 saturated carbocycles. The lowest BCUT2D eigenvalue weighted by Crippen LogP contribution is -2.40. The van der Waals surface area contributed by atoms with E-state index >= 15 is 0 Å². The summed E-state index contributed by atoms with van der Waals surface area (Å²) in [6.07, 6.45) is 0. The Balaban J connectivity index is 2.66. The third-order valence-corrected chi connectivity index (χ3v) is 3.76. The summed E-state index contributed by atoms with van der Waals surface area (Å²) >= 11 is 0. The standard InChI is InChI=1S/C12H18N2O4S/c1-3-18-12(15)9(2)14-19(16,17)8-10-4-6-11(13)7-5-10/h4-7,9,14H,3,8,13H2,1-2H3. The summed E-state index contributed by atoms with van der Waals surface area (Å²) in [4.78, 5) is 11.4. The van der Waals surface area contributed by atoms with Crippen LogP contribution in [0.2, 0.25) is 0 Å². The van der Waals surface area contributed by atoms with E-state index in [0.717, 1.165) is 0 Å². The van der Waals surface area contributed by atoms with Crippen molar-refractivity contribution >= 4 is 21.7 Å². The molecule has 1 atom stereocenters. The molecule has 0 aliphatic carbocycles. The highest BCUT2D eigenvalue weighted by Gasteiger charge is 2.21. The Morgan fingerprint density at radius 2 is 1.95 bits per heavy atom. The minimum absolute atomic E-state index is 0.211. The van der Waals surface area contributed by atoms with Crippen molar-refractivity contribution in [1.82, 2.24) is 4.72 Å². The third-order valence-electron chi connectivity index (χ3n) is 2.33.